The van der Waals surface area contributed by atoms with Gasteiger partial charge in [0.15, 0.2) is 0 Å². The fourth-order valence-corrected chi connectivity index (χ4v) is 2.43. The van der Waals surface area contributed by atoms with E-state index < -0.39 is 0 Å². The maximum Gasteiger partial charge on any atom is 0.251 e. The first-order chi connectivity index (χ1) is 10.2. The molecule has 1 heterocycles. The minimum Gasteiger partial charge on any atom is -0.352 e. The molecule has 0 spiro atoms. The van der Waals surface area contributed by atoms with Gasteiger partial charge in [-0.2, -0.15) is 0 Å². The number of carbonyl (C=O) groups is 1. The quantitative estimate of drug-likeness (QED) is 0.845. The number of nitrogens with zero attached hydrogens (tertiary/aromatic N) is 1. The Balaban J connectivity index is 1.85. The van der Waals surface area contributed by atoms with Gasteiger partial charge in [-0.3, -0.25) is 4.79 Å². The van der Waals surface area contributed by atoms with Crippen molar-refractivity contribution < 1.29 is 4.79 Å². The Morgan fingerprint density at radius 3 is 2.76 bits per heavy atom. The van der Waals surface area contributed by atoms with Crippen molar-refractivity contribution in [1.82, 2.24) is 10.3 Å². The van der Waals surface area contributed by atoms with Gasteiger partial charge < -0.3 is 11.1 Å². The fourth-order valence-electron chi connectivity index (χ4n) is 1.79. The highest BCUT2D eigenvalue weighted by molar-refractivity contribution is 7.09. The zero-order valence-electron chi connectivity index (χ0n) is 11.8. The molecule has 1 amide bonds. The molecule has 0 aliphatic rings. The second-order valence-corrected chi connectivity index (χ2v) is 5.51. The molecule has 0 saturated carbocycles. The van der Waals surface area contributed by atoms with Crippen molar-refractivity contribution in [2.45, 2.75) is 13.3 Å². The Kier molecular flexibility index (Phi) is 5.50. The van der Waals surface area contributed by atoms with Gasteiger partial charge in [-0.05, 0) is 31.2 Å². The number of aromatic nitrogens is 1. The van der Waals surface area contributed by atoms with E-state index in [1.54, 1.807) is 23.5 Å². The SMILES string of the molecule is Cc1nc(CCNC(=O)c2ccc(C#CCN)cc2)cs1. The molecule has 21 heavy (non-hydrogen) atoms. The zero-order chi connectivity index (χ0) is 15.1. The van der Waals surface area contributed by atoms with Crippen LogP contribution in [-0.2, 0) is 6.42 Å². The zero-order valence-corrected chi connectivity index (χ0v) is 12.7. The maximum atomic E-state index is 12.0. The first-order valence-corrected chi connectivity index (χ1v) is 7.55. The highest BCUT2D eigenvalue weighted by Gasteiger charge is 2.05. The van der Waals surface area contributed by atoms with E-state index in [4.69, 9.17) is 5.73 Å². The van der Waals surface area contributed by atoms with Crippen molar-refractivity contribution in [1.29, 1.82) is 0 Å². The van der Waals surface area contributed by atoms with Crippen LogP contribution in [0.4, 0.5) is 0 Å². The van der Waals surface area contributed by atoms with E-state index >= 15 is 0 Å². The summed E-state index contributed by atoms with van der Waals surface area (Å²) >= 11 is 1.62. The van der Waals surface area contributed by atoms with Crippen LogP contribution in [0.3, 0.4) is 0 Å². The van der Waals surface area contributed by atoms with Crippen LogP contribution in [0.15, 0.2) is 29.6 Å². The molecule has 2 aromatic rings. The first kappa shape index (κ1) is 15.2. The number of rotatable bonds is 4. The lowest BCUT2D eigenvalue weighted by Gasteiger charge is -2.04. The first-order valence-electron chi connectivity index (χ1n) is 6.67. The standard InChI is InChI=1S/C16H17N3OS/c1-12-19-15(11-21-12)8-10-18-16(20)14-6-4-13(5-7-14)3-2-9-17/h4-7,11H,8-10,17H2,1H3,(H,18,20). The minimum atomic E-state index is -0.0831. The molecule has 0 radical (unpaired) electrons. The van der Waals surface area contributed by atoms with Gasteiger partial charge in [-0.25, -0.2) is 4.98 Å². The monoisotopic (exact) mass is 299 g/mol. The second-order valence-electron chi connectivity index (χ2n) is 4.45. The van der Waals surface area contributed by atoms with Gasteiger partial charge in [-0.1, -0.05) is 11.8 Å². The lowest BCUT2D eigenvalue weighted by Crippen LogP contribution is -2.25. The summed E-state index contributed by atoms with van der Waals surface area (Å²) in [6.07, 6.45) is 0.746. The molecule has 3 N–H and O–H groups in total. The molecule has 0 saturated heterocycles. The molecule has 0 unspecified atom stereocenters. The third-order valence-corrected chi connectivity index (χ3v) is 3.64. The van der Waals surface area contributed by atoms with Gasteiger partial charge >= 0.3 is 0 Å². The van der Waals surface area contributed by atoms with Crippen molar-refractivity contribution in [3.8, 4) is 11.8 Å². The summed E-state index contributed by atoms with van der Waals surface area (Å²) in [6, 6.07) is 7.18. The van der Waals surface area contributed by atoms with Crippen LogP contribution >= 0.6 is 11.3 Å². The Labute approximate surface area is 128 Å². The topological polar surface area (TPSA) is 68.0 Å². The van der Waals surface area contributed by atoms with Crippen molar-refractivity contribution in [2.75, 3.05) is 13.1 Å². The van der Waals surface area contributed by atoms with Crippen molar-refractivity contribution in [3.05, 3.63) is 51.5 Å². The largest absolute Gasteiger partial charge is 0.352 e. The molecular formula is C16H17N3OS. The van der Waals surface area contributed by atoms with Crippen molar-refractivity contribution in [2.24, 2.45) is 5.73 Å². The van der Waals surface area contributed by atoms with Crippen LogP contribution < -0.4 is 11.1 Å². The molecular weight excluding hydrogens is 282 g/mol. The van der Waals surface area contributed by atoms with E-state index in [0.29, 0.717) is 18.7 Å². The van der Waals surface area contributed by atoms with Gasteiger partial charge in [0.05, 0.1) is 17.2 Å². The Bertz CT molecular complexity index is 665. The fraction of sp³-hybridized carbons (Fsp3) is 0.250. The van der Waals surface area contributed by atoms with Gasteiger partial charge in [-0.15, -0.1) is 11.3 Å². The van der Waals surface area contributed by atoms with E-state index in [9.17, 15) is 4.79 Å². The van der Waals surface area contributed by atoms with Crippen LogP contribution in [0.5, 0.6) is 0 Å². The summed E-state index contributed by atoms with van der Waals surface area (Å²) < 4.78 is 0. The summed E-state index contributed by atoms with van der Waals surface area (Å²) in [5.41, 5.74) is 7.82. The number of nitrogens with one attached hydrogen (secondary N) is 1. The third-order valence-electron chi connectivity index (χ3n) is 2.82. The number of hydrogen-bond donors (Lipinski definition) is 2. The number of aryl methyl sites for hydroxylation is 1. The Morgan fingerprint density at radius 1 is 1.38 bits per heavy atom. The average Bonchev–Trinajstić information content (AvgIpc) is 2.91. The number of hydrogen-bond acceptors (Lipinski definition) is 4. The summed E-state index contributed by atoms with van der Waals surface area (Å²) in [6.45, 7) is 2.89. The van der Waals surface area contributed by atoms with Gasteiger partial charge in [0, 0.05) is 29.5 Å². The molecule has 0 aliphatic heterocycles. The highest BCUT2D eigenvalue weighted by Crippen LogP contribution is 2.08. The molecule has 0 atom stereocenters. The number of nitrogens with two attached hydrogens (primary N) is 1. The number of thiazole rings is 1. The van der Waals surface area contributed by atoms with Crippen LogP contribution in [-0.4, -0.2) is 24.0 Å². The van der Waals surface area contributed by atoms with E-state index in [2.05, 4.69) is 22.1 Å². The van der Waals surface area contributed by atoms with Crippen LogP contribution in [0, 0.1) is 18.8 Å². The Morgan fingerprint density at radius 2 is 2.14 bits per heavy atom. The molecule has 5 heteroatoms. The minimum absolute atomic E-state index is 0.0831. The number of carbonyl (C=O) groups excluding carboxylic acids is 1. The van der Waals surface area contributed by atoms with E-state index in [1.165, 1.54) is 0 Å². The number of amides is 1. The van der Waals surface area contributed by atoms with E-state index in [1.807, 2.05) is 24.4 Å². The summed E-state index contributed by atoms with van der Waals surface area (Å²) in [7, 11) is 0. The summed E-state index contributed by atoms with van der Waals surface area (Å²) in [5.74, 6) is 5.62. The molecule has 1 aromatic heterocycles. The van der Waals surface area contributed by atoms with Gasteiger partial charge in [0.25, 0.3) is 5.91 Å². The van der Waals surface area contributed by atoms with Crippen LogP contribution in [0.25, 0.3) is 0 Å². The number of benzene rings is 1. The van der Waals surface area contributed by atoms with Crippen LogP contribution in [0.1, 0.15) is 26.6 Å². The molecule has 1 aromatic carbocycles. The predicted molar refractivity (Wildman–Crippen MR) is 85.3 cm³/mol. The van der Waals surface area contributed by atoms with Crippen LogP contribution in [0.2, 0.25) is 0 Å². The Hall–Kier alpha value is -2.16. The van der Waals surface area contributed by atoms with Gasteiger partial charge in [0.2, 0.25) is 0 Å². The lowest BCUT2D eigenvalue weighted by molar-refractivity contribution is 0.0954. The molecule has 4 nitrogen and oxygen atoms in total. The lowest BCUT2D eigenvalue weighted by atomic mass is 10.1. The smallest absolute Gasteiger partial charge is 0.251 e. The molecule has 108 valence electrons. The van der Waals surface area contributed by atoms with E-state index in [-0.39, 0.29) is 5.91 Å². The normalized spacial score (nSPS) is 9.81. The summed E-state index contributed by atoms with van der Waals surface area (Å²) in [4.78, 5) is 16.3. The van der Waals surface area contributed by atoms with Gasteiger partial charge in [0.1, 0.15) is 0 Å². The molecule has 2 rings (SSSR count). The maximum absolute atomic E-state index is 12.0. The van der Waals surface area contributed by atoms with Crippen molar-refractivity contribution in [3.63, 3.8) is 0 Å². The molecule has 0 bridgehead atoms. The van der Waals surface area contributed by atoms with E-state index in [0.717, 1.165) is 22.7 Å². The highest BCUT2D eigenvalue weighted by atomic mass is 32.1. The average molecular weight is 299 g/mol. The molecule has 0 fully saturated rings. The summed E-state index contributed by atoms with van der Waals surface area (Å²) in [5, 5.41) is 5.96. The molecule has 0 aliphatic carbocycles. The van der Waals surface area contributed by atoms with Crippen molar-refractivity contribution >= 4 is 17.2 Å². The third kappa shape index (κ3) is 4.71. The predicted octanol–water partition coefficient (Wildman–Crippen LogP) is 1.73. The second kappa shape index (κ2) is 7.58.